The molecule has 3 aliphatic heterocycles. The van der Waals surface area contributed by atoms with Crippen molar-refractivity contribution in [2.24, 2.45) is 5.92 Å². The number of rotatable bonds is 5. The van der Waals surface area contributed by atoms with Crippen molar-refractivity contribution in [2.75, 3.05) is 18.0 Å². The van der Waals surface area contributed by atoms with E-state index in [4.69, 9.17) is 0 Å². The van der Waals surface area contributed by atoms with Gasteiger partial charge in [0, 0.05) is 37.3 Å². The second-order valence-corrected chi connectivity index (χ2v) is 7.38. The molecule has 2 fully saturated rings. The molecule has 3 heterocycles. The minimum absolute atomic E-state index is 0.125. The van der Waals surface area contributed by atoms with Crippen LogP contribution in [-0.4, -0.2) is 37.0 Å². The van der Waals surface area contributed by atoms with Gasteiger partial charge in [0.25, 0.3) is 0 Å². The van der Waals surface area contributed by atoms with Gasteiger partial charge >= 0.3 is 0 Å². The average molecular weight is 327 g/mol. The Labute approximate surface area is 142 Å². The smallest absolute Gasteiger partial charge is 0.231 e. The van der Waals surface area contributed by atoms with E-state index in [2.05, 4.69) is 10.6 Å². The first-order valence-electron chi connectivity index (χ1n) is 9.10. The van der Waals surface area contributed by atoms with Gasteiger partial charge in [0.15, 0.2) is 0 Å². The number of anilines is 1. The van der Waals surface area contributed by atoms with E-state index in [1.165, 1.54) is 12.8 Å². The van der Waals surface area contributed by atoms with Crippen LogP contribution < -0.4 is 15.5 Å². The number of carbonyl (C=O) groups excluding carboxylic acids is 2. The summed E-state index contributed by atoms with van der Waals surface area (Å²) in [5.74, 6) is 0.763. The van der Waals surface area contributed by atoms with Crippen LogP contribution in [0.25, 0.3) is 0 Å². The Balaban J connectivity index is 1.24. The Bertz CT molecular complexity index is 633. The highest BCUT2D eigenvalue weighted by atomic mass is 16.2. The third-order valence-corrected chi connectivity index (χ3v) is 5.63. The third-order valence-electron chi connectivity index (χ3n) is 5.63. The van der Waals surface area contributed by atoms with E-state index in [9.17, 15) is 9.59 Å². The fourth-order valence-corrected chi connectivity index (χ4v) is 4.54. The third kappa shape index (κ3) is 3.18. The first-order valence-corrected chi connectivity index (χ1v) is 9.10. The van der Waals surface area contributed by atoms with Crippen molar-refractivity contribution in [3.63, 3.8) is 0 Å². The quantitative estimate of drug-likeness (QED) is 0.864. The lowest BCUT2D eigenvalue weighted by Crippen LogP contribution is -2.41. The molecule has 2 saturated heterocycles. The van der Waals surface area contributed by atoms with Gasteiger partial charge in [-0.25, -0.2) is 0 Å². The Morgan fingerprint density at radius 3 is 2.75 bits per heavy atom. The van der Waals surface area contributed by atoms with Crippen molar-refractivity contribution in [3.05, 3.63) is 29.8 Å². The van der Waals surface area contributed by atoms with Gasteiger partial charge in [0.05, 0.1) is 6.42 Å². The zero-order chi connectivity index (χ0) is 16.5. The molecule has 0 aliphatic carbocycles. The predicted octanol–water partition coefficient (Wildman–Crippen LogP) is 1.61. The molecule has 0 spiro atoms. The summed E-state index contributed by atoms with van der Waals surface area (Å²) in [5.41, 5.74) is 2.07. The van der Waals surface area contributed by atoms with Crippen LogP contribution >= 0.6 is 0 Å². The minimum Gasteiger partial charge on any atom is -0.354 e. The van der Waals surface area contributed by atoms with Crippen LogP contribution in [0, 0.1) is 5.92 Å². The zero-order valence-electron chi connectivity index (χ0n) is 14.0. The number of benzene rings is 1. The highest BCUT2D eigenvalue weighted by Crippen LogP contribution is 2.32. The standard InChI is InChI=1S/C19H25N3O2/c23-18(11-13-9-15-5-6-16(10-13)21-15)20-7-8-22-17-4-2-1-3-14(17)12-19(22)24/h1-4,13,15-16,21H,5-12H2,(H,20,23). The topological polar surface area (TPSA) is 61.4 Å². The lowest BCUT2D eigenvalue weighted by molar-refractivity contribution is -0.122. The van der Waals surface area contributed by atoms with Crippen LogP contribution in [0.1, 0.15) is 37.7 Å². The molecule has 128 valence electrons. The molecule has 1 aromatic rings. The second kappa shape index (κ2) is 6.55. The largest absolute Gasteiger partial charge is 0.354 e. The lowest BCUT2D eigenvalue weighted by atomic mass is 9.89. The highest BCUT2D eigenvalue weighted by Gasteiger charge is 2.34. The zero-order valence-corrected chi connectivity index (χ0v) is 14.0. The molecule has 0 aromatic heterocycles. The second-order valence-electron chi connectivity index (χ2n) is 7.38. The number of nitrogens with zero attached hydrogens (tertiary/aromatic N) is 1. The van der Waals surface area contributed by atoms with E-state index in [0.717, 1.165) is 24.1 Å². The molecule has 2 N–H and O–H groups in total. The Morgan fingerprint density at radius 2 is 1.96 bits per heavy atom. The van der Waals surface area contributed by atoms with Gasteiger partial charge < -0.3 is 15.5 Å². The average Bonchev–Trinajstić information content (AvgIpc) is 3.07. The maximum Gasteiger partial charge on any atom is 0.231 e. The van der Waals surface area contributed by atoms with E-state index in [1.54, 1.807) is 4.90 Å². The molecule has 3 aliphatic rings. The van der Waals surface area contributed by atoms with Crippen LogP contribution in [0.4, 0.5) is 5.69 Å². The number of carbonyl (C=O) groups is 2. The Hall–Kier alpha value is -1.88. The Kier molecular flexibility index (Phi) is 4.27. The molecule has 5 nitrogen and oxygen atoms in total. The fourth-order valence-electron chi connectivity index (χ4n) is 4.54. The predicted molar refractivity (Wildman–Crippen MR) is 92.8 cm³/mol. The number of hydrogen-bond donors (Lipinski definition) is 2. The Morgan fingerprint density at radius 1 is 1.21 bits per heavy atom. The van der Waals surface area contributed by atoms with Crippen molar-refractivity contribution in [3.8, 4) is 0 Å². The lowest BCUT2D eigenvalue weighted by Gasteiger charge is -2.28. The molecule has 2 bridgehead atoms. The monoisotopic (exact) mass is 327 g/mol. The van der Waals surface area contributed by atoms with Crippen molar-refractivity contribution in [1.29, 1.82) is 0 Å². The minimum atomic E-state index is 0.125. The molecule has 0 saturated carbocycles. The van der Waals surface area contributed by atoms with E-state index in [-0.39, 0.29) is 11.8 Å². The summed E-state index contributed by atoms with van der Waals surface area (Å²) in [6.45, 7) is 1.08. The number of nitrogens with one attached hydrogen (secondary N) is 2. The molecule has 2 atom stereocenters. The van der Waals surface area contributed by atoms with Gasteiger partial charge in [-0.3, -0.25) is 9.59 Å². The maximum absolute atomic E-state index is 12.2. The van der Waals surface area contributed by atoms with Gasteiger partial charge in [0.1, 0.15) is 0 Å². The van der Waals surface area contributed by atoms with Gasteiger partial charge in [-0.15, -0.1) is 0 Å². The van der Waals surface area contributed by atoms with Gasteiger partial charge in [0.2, 0.25) is 11.8 Å². The first kappa shape index (κ1) is 15.6. The van der Waals surface area contributed by atoms with Crippen molar-refractivity contribution < 1.29 is 9.59 Å². The van der Waals surface area contributed by atoms with Gasteiger partial charge in [-0.05, 0) is 43.2 Å². The van der Waals surface area contributed by atoms with Crippen LogP contribution in [-0.2, 0) is 16.0 Å². The molecule has 5 heteroatoms. The van der Waals surface area contributed by atoms with Crippen LogP contribution in [0.2, 0.25) is 0 Å². The molecule has 2 amide bonds. The van der Waals surface area contributed by atoms with E-state index < -0.39 is 0 Å². The number of para-hydroxylation sites is 1. The van der Waals surface area contributed by atoms with Crippen LogP contribution in [0.3, 0.4) is 0 Å². The summed E-state index contributed by atoms with van der Waals surface area (Å²) in [6.07, 6.45) is 5.88. The summed E-state index contributed by atoms with van der Waals surface area (Å²) in [5, 5.41) is 6.62. The molecular weight excluding hydrogens is 302 g/mol. The summed E-state index contributed by atoms with van der Waals surface area (Å²) >= 11 is 0. The van der Waals surface area contributed by atoms with Crippen molar-refractivity contribution in [1.82, 2.24) is 10.6 Å². The first-order chi connectivity index (χ1) is 11.7. The number of hydrogen-bond acceptors (Lipinski definition) is 3. The van der Waals surface area contributed by atoms with Crippen LogP contribution in [0.5, 0.6) is 0 Å². The van der Waals surface area contributed by atoms with Gasteiger partial charge in [-0.1, -0.05) is 18.2 Å². The molecular formula is C19H25N3O2. The number of amides is 2. The van der Waals surface area contributed by atoms with E-state index >= 15 is 0 Å². The normalized spacial score (nSPS) is 28.1. The molecule has 1 aromatic carbocycles. The summed E-state index contributed by atoms with van der Waals surface area (Å²) in [6, 6.07) is 9.14. The molecule has 2 unspecified atom stereocenters. The van der Waals surface area contributed by atoms with Crippen LogP contribution in [0.15, 0.2) is 24.3 Å². The van der Waals surface area contributed by atoms with Crippen molar-refractivity contribution >= 4 is 17.5 Å². The molecule has 4 rings (SSSR count). The van der Waals surface area contributed by atoms with Gasteiger partial charge in [-0.2, -0.15) is 0 Å². The molecule has 0 radical (unpaired) electrons. The molecule has 24 heavy (non-hydrogen) atoms. The highest BCUT2D eigenvalue weighted by molar-refractivity contribution is 6.01. The number of fused-ring (bicyclic) bond motifs is 3. The SMILES string of the molecule is O=C(CC1CC2CCC(C1)N2)NCCN1C(=O)Cc2ccccc21. The summed E-state index contributed by atoms with van der Waals surface area (Å²) in [4.78, 5) is 26.1. The summed E-state index contributed by atoms with van der Waals surface area (Å²) in [7, 11) is 0. The fraction of sp³-hybridized carbons (Fsp3) is 0.579. The number of piperidine rings is 1. The van der Waals surface area contributed by atoms with Crippen molar-refractivity contribution in [2.45, 2.75) is 50.6 Å². The maximum atomic E-state index is 12.2. The summed E-state index contributed by atoms with van der Waals surface area (Å²) < 4.78 is 0. The van der Waals surface area contributed by atoms with E-state index in [0.29, 0.717) is 43.9 Å². The van der Waals surface area contributed by atoms with E-state index in [1.807, 2.05) is 24.3 Å².